The molecule has 32 heavy (non-hydrogen) atoms. The van der Waals surface area contributed by atoms with Gasteiger partial charge in [-0.2, -0.15) is 0 Å². The number of benzene rings is 2. The number of ether oxygens (including phenoxy) is 1. The number of azide groups is 1. The summed E-state index contributed by atoms with van der Waals surface area (Å²) < 4.78 is 5.05. The molecule has 0 radical (unpaired) electrons. The summed E-state index contributed by atoms with van der Waals surface area (Å²) in [5.41, 5.74) is 10.3. The second-order valence-corrected chi connectivity index (χ2v) is 8.67. The highest BCUT2D eigenvalue weighted by atomic mass is 35.5. The largest absolute Gasteiger partial charge is 0.453 e. The zero-order valence-corrected chi connectivity index (χ0v) is 18.1. The lowest BCUT2D eigenvalue weighted by molar-refractivity contribution is -0.124. The highest BCUT2D eigenvalue weighted by Gasteiger charge is 2.70. The summed E-state index contributed by atoms with van der Waals surface area (Å²) in [5.74, 6) is -0.196. The van der Waals surface area contributed by atoms with Crippen LogP contribution < -0.4 is 10.6 Å². The molecule has 1 saturated heterocycles. The highest BCUT2D eigenvalue weighted by Crippen LogP contribution is 2.63. The molecule has 164 valence electrons. The van der Waals surface area contributed by atoms with Gasteiger partial charge in [-0.05, 0) is 47.7 Å². The lowest BCUT2D eigenvalue weighted by Crippen LogP contribution is -2.60. The van der Waals surface area contributed by atoms with Crippen LogP contribution in [0.2, 0.25) is 5.02 Å². The molecule has 1 unspecified atom stereocenters. The Morgan fingerprint density at radius 2 is 2.12 bits per heavy atom. The van der Waals surface area contributed by atoms with Crippen LogP contribution in [0.1, 0.15) is 24.0 Å². The van der Waals surface area contributed by atoms with Crippen molar-refractivity contribution in [1.82, 2.24) is 4.90 Å². The van der Waals surface area contributed by atoms with Crippen LogP contribution in [0.3, 0.4) is 0 Å². The molecular formula is C22H21ClN6O3. The third-order valence-corrected chi connectivity index (χ3v) is 7.36. The number of hydrogen-bond donors (Lipinski definition) is 2. The maximum absolute atomic E-state index is 13.9. The summed E-state index contributed by atoms with van der Waals surface area (Å²) in [6.07, 6.45) is -0.162. The number of rotatable bonds is 4. The number of methoxy groups -OCH3 is 1. The molecule has 2 amide bonds. The topological polar surface area (TPSA) is 119 Å². The Labute approximate surface area is 189 Å². The Morgan fingerprint density at radius 3 is 2.91 bits per heavy atom. The van der Waals surface area contributed by atoms with Gasteiger partial charge < -0.3 is 15.4 Å². The maximum atomic E-state index is 13.9. The van der Waals surface area contributed by atoms with E-state index in [2.05, 4.69) is 20.7 Å². The van der Waals surface area contributed by atoms with E-state index in [1.165, 1.54) is 7.11 Å². The fourth-order valence-electron chi connectivity index (χ4n) is 5.97. The van der Waals surface area contributed by atoms with E-state index in [1.807, 2.05) is 30.3 Å². The minimum Gasteiger partial charge on any atom is -0.453 e. The smallest absolute Gasteiger partial charge is 0.411 e. The summed E-state index contributed by atoms with van der Waals surface area (Å²) in [7, 11) is 1.35. The van der Waals surface area contributed by atoms with E-state index in [0.29, 0.717) is 23.7 Å². The van der Waals surface area contributed by atoms with Gasteiger partial charge in [0, 0.05) is 34.4 Å². The fraction of sp³-hybridized carbons (Fsp3) is 0.364. The number of carbonyl (C=O) groups is 2. The fourth-order valence-corrected chi connectivity index (χ4v) is 6.14. The van der Waals surface area contributed by atoms with Crippen molar-refractivity contribution in [1.29, 1.82) is 0 Å². The molecule has 3 aliphatic heterocycles. The van der Waals surface area contributed by atoms with Gasteiger partial charge in [0.2, 0.25) is 5.91 Å². The van der Waals surface area contributed by atoms with Crippen LogP contribution in [0, 0.1) is 0 Å². The third kappa shape index (κ3) is 2.49. The molecule has 3 atom stereocenters. The van der Waals surface area contributed by atoms with Gasteiger partial charge in [0.05, 0.1) is 17.9 Å². The predicted octanol–water partition coefficient (Wildman–Crippen LogP) is 4.39. The molecular weight excluding hydrogens is 432 g/mol. The SMILES string of the molecule is COC(=O)N1CCC2([C@@]3(CCN=[N+]=[N-])C(=O)Nc4cc(Cl)ccc43)c3ccccc3N[C@H]12. The molecule has 2 aromatic carbocycles. The minimum absolute atomic E-state index is 0.126. The Hall–Kier alpha value is -3.42. The van der Waals surface area contributed by atoms with E-state index in [1.54, 1.807) is 17.0 Å². The first-order valence-electron chi connectivity index (χ1n) is 10.3. The van der Waals surface area contributed by atoms with Crippen LogP contribution in [-0.4, -0.2) is 43.3 Å². The van der Waals surface area contributed by atoms with Gasteiger partial charge in [-0.15, -0.1) is 0 Å². The first-order chi connectivity index (χ1) is 15.5. The summed E-state index contributed by atoms with van der Waals surface area (Å²) in [4.78, 5) is 31.1. The third-order valence-electron chi connectivity index (χ3n) is 7.12. The zero-order chi connectivity index (χ0) is 22.5. The minimum atomic E-state index is -1.09. The molecule has 10 heteroatoms. The Kier molecular flexibility index (Phi) is 4.69. The number of halogens is 1. The Morgan fingerprint density at radius 1 is 1.31 bits per heavy atom. The number of hydrogen-bond acceptors (Lipinski definition) is 5. The second-order valence-electron chi connectivity index (χ2n) is 8.23. The van der Waals surface area contributed by atoms with Crippen molar-refractivity contribution in [2.24, 2.45) is 5.11 Å². The van der Waals surface area contributed by atoms with Crippen LogP contribution in [0.15, 0.2) is 47.6 Å². The first kappa shape index (κ1) is 20.5. The number of carbonyl (C=O) groups excluding carboxylic acids is 2. The molecule has 2 aromatic rings. The Bertz CT molecular complexity index is 1180. The summed E-state index contributed by atoms with van der Waals surface area (Å²) in [6, 6.07) is 13.1. The standard InChI is InChI=1S/C22H21ClN6O3/c1-32-20(31)29-11-9-21(14-4-2-3-5-16(14)26-18(21)29)22(8-10-25-28-24)15-7-6-13(23)12-17(15)27-19(22)30/h2-7,12,18,26H,8-11H2,1H3,(H,27,30)/t18-,21?,22-/m1/s1. The number of anilines is 2. The lowest BCUT2D eigenvalue weighted by Gasteiger charge is -2.46. The summed E-state index contributed by atoms with van der Waals surface area (Å²) >= 11 is 6.23. The molecule has 0 saturated carbocycles. The maximum Gasteiger partial charge on any atom is 0.411 e. The number of nitrogens with zero attached hydrogens (tertiary/aromatic N) is 4. The van der Waals surface area contributed by atoms with E-state index < -0.39 is 23.1 Å². The number of amides is 2. The van der Waals surface area contributed by atoms with E-state index >= 15 is 0 Å². The van der Waals surface area contributed by atoms with E-state index in [4.69, 9.17) is 21.9 Å². The van der Waals surface area contributed by atoms with Crippen LogP contribution in [0.25, 0.3) is 10.4 Å². The highest BCUT2D eigenvalue weighted by molar-refractivity contribution is 6.31. The van der Waals surface area contributed by atoms with Crippen molar-refractivity contribution >= 4 is 35.0 Å². The average Bonchev–Trinajstić information content (AvgIpc) is 3.41. The number of likely N-dealkylation sites (tertiary alicyclic amines) is 1. The quantitative estimate of drug-likeness (QED) is 0.406. The van der Waals surface area contributed by atoms with Crippen molar-refractivity contribution in [2.45, 2.75) is 29.8 Å². The van der Waals surface area contributed by atoms with Gasteiger partial charge >= 0.3 is 6.09 Å². The normalized spacial score (nSPS) is 27.0. The van der Waals surface area contributed by atoms with E-state index in [0.717, 1.165) is 16.8 Å². The van der Waals surface area contributed by atoms with Crippen LogP contribution in [-0.2, 0) is 20.4 Å². The summed E-state index contributed by atoms with van der Waals surface area (Å²) in [5, 5.41) is 10.8. The molecule has 0 spiro atoms. The molecule has 9 nitrogen and oxygen atoms in total. The van der Waals surface area contributed by atoms with E-state index in [9.17, 15) is 9.59 Å². The molecule has 3 heterocycles. The lowest BCUT2D eigenvalue weighted by atomic mass is 9.55. The molecule has 5 rings (SSSR count). The van der Waals surface area contributed by atoms with Gasteiger partial charge in [0.25, 0.3) is 0 Å². The summed E-state index contributed by atoms with van der Waals surface area (Å²) in [6.45, 7) is 0.541. The van der Waals surface area contributed by atoms with Crippen molar-refractivity contribution in [3.63, 3.8) is 0 Å². The molecule has 1 fully saturated rings. The van der Waals surface area contributed by atoms with Gasteiger partial charge in [0.15, 0.2) is 0 Å². The van der Waals surface area contributed by atoms with Crippen molar-refractivity contribution in [2.75, 3.05) is 30.8 Å². The average molecular weight is 453 g/mol. The van der Waals surface area contributed by atoms with Crippen LogP contribution in [0.5, 0.6) is 0 Å². The van der Waals surface area contributed by atoms with Crippen LogP contribution >= 0.6 is 11.6 Å². The molecule has 2 N–H and O–H groups in total. The predicted molar refractivity (Wildman–Crippen MR) is 120 cm³/mol. The van der Waals surface area contributed by atoms with E-state index in [-0.39, 0.29) is 18.9 Å². The van der Waals surface area contributed by atoms with Crippen molar-refractivity contribution in [3.05, 3.63) is 69.1 Å². The van der Waals surface area contributed by atoms with Gasteiger partial charge in [0.1, 0.15) is 6.17 Å². The van der Waals surface area contributed by atoms with Gasteiger partial charge in [-0.25, -0.2) is 4.79 Å². The number of fused-ring (bicyclic) bond motifs is 4. The monoisotopic (exact) mass is 452 g/mol. The number of para-hydroxylation sites is 1. The van der Waals surface area contributed by atoms with Gasteiger partial charge in [-0.1, -0.05) is 41.0 Å². The first-order valence-corrected chi connectivity index (χ1v) is 10.7. The Balaban J connectivity index is 1.80. The second kappa shape index (κ2) is 7.32. The molecule has 0 bridgehead atoms. The van der Waals surface area contributed by atoms with Gasteiger partial charge in [-0.3, -0.25) is 9.69 Å². The van der Waals surface area contributed by atoms with Crippen molar-refractivity contribution in [3.8, 4) is 0 Å². The van der Waals surface area contributed by atoms with Crippen LogP contribution in [0.4, 0.5) is 16.2 Å². The molecule has 0 aliphatic carbocycles. The molecule has 3 aliphatic rings. The number of nitrogens with one attached hydrogen (secondary N) is 2. The van der Waals surface area contributed by atoms with Crippen molar-refractivity contribution < 1.29 is 14.3 Å². The molecule has 0 aromatic heterocycles. The zero-order valence-electron chi connectivity index (χ0n) is 17.3.